The predicted molar refractivity (Wildman–Crippen MR) is 94.4 cm³/mol. The molecule has 1 aromatic rings. The second kappa shape index (κ2) is 8.17. The molecule has 4 amide bonds. The molecule has 2 heterocycles. The molecule has 1 aromatic carbocycles. The summed E-state index contributed by atoms with van der Waals surface area (Å²) in [6, 6.07) is 7.86. The number of urea groups is 1. The number of hydrogen-bond acceptors (Lipinski definition) is 4. The zero-order valence-corrected chi connectivity index (χ0v) is 15.1. The first-order chi connectivity index (χ1) is 13.2. The number of carbonyl (C=O) groups is 3. The fourth-order valence-corrected chi connectivity index (χ4v) is 3.50. The Labute approximate surface area is 160 Å². The van der Waals surface area contributed by atoms with Crippen molar-refractivity contribution in [3.05, 3.63) is 30.3 Å². The number of rotatable bonds is 5. The molecular weight excluding hydrogens is 377 g/mol. The lowest BCUT2D eigenvalue weighted by Crippen LogP contribution is -2.48. The number of nitrogens with zero attached hydrogens (tertiary/aromatic N) is 3. The first-order valence-corrected chi connectivity index (χ1v) is 8.98. The van der Waals surface area contributed by atoms with Crippen LogP contribution in [0.2, 0.25) is 0 Å². The average molecular weight is 398 g/mol. The summed E-state index contributed by atoms with van der Waals surface area (Å²) in [5, 5.41) is 2.79. The zero-order valence-electron chi connectivity index (χ0n) is 15.1. The van der Waals surface area contributed by atoms with Crippen LogP contribution in [0.25, 0.3) is 0 Å². The molecule has 0 radical (unpaired) electrons. The van der Waals surface area contributed by atoms with Crippen LogP contribution in [0.1, 0.15) is 12.8 Å². The maximum absolute atomic E-state index is 12.5. The van der Waals surface area contributed by atoms with E-state index in [9.17, 15) is 27.6 Å². The number of para-hydroxylation sites is 1. The van der Waals surface area contributed by atoms with Gasteiger partial charge in [0.15, 0.2) is 0 Å². The highest BCUT2D eigenvalue weighted by Crippen LogP contribution is 2.25. The molecule has 0 atom stereocenters. The maximum Gasteiger partial charge on any atom is 0.406 e. The molecule has 2 aliphatic heterocycles. The van der Waals surface area contributed by atoms with Crippen LogP contribution in [-0.4, -0.2) is 77.5 Å². The van der Waals surface area contributed by atoms with Crippen molar-refractivity contribution in [1.29, 1.82) is 0 Å². The molecule has 28 heavy (non-hydrogen) atoms. The molecule has 0 saturated carbocycles. The van der Waals surface area contributed by atoms with Crippen LogP contribution in [0.3, 0.4) is 0 Å². The third-order valence-electron chi connectivity index (χ3n) is 4.84. The summed E-state index contributed by atoms with van der Waals surface area (Å²) in [4.78, 5) is 39.5. The van der Waals surface area contributed by atoms with Crippen LogP contribution in [0.4, 0.5) is 23.7 Å². The summed E-state index contributed by atoms with van der Waals surface area (Å²) >= 11 is 0. The van der Waals surface area contributed by atoms with Crippen molar-refractivity contribution in [2.45, 2.75) is 25.1 Å². The summed E-state index contributed by atoms with van der Waals surface area (Å²) < 4.78 is 37.6. The Morgan fingerprint density at radius 2 is 1.75 bits per heavy atom. The number of imide groups is 1. The van der Waals surface area contributed by atoms with Crippen molar-refractivity contribution < 1.29 is 27.6 Å². The number of likely N-dealkylation sites (tertiary alicyclic amines) is 1. The van der Waals surface area contributed by atoms with Crippen LogP contribution < -0.4 is 5.32 Å². The molecule has 0 unspecified atom stereocenters. The highest BCUT2D eigenvalue weighted by molar-refractivity contribution is 6.02. The van der Waals surface area contributed by atoms with Gasteiger partial charge in [-0.2, -0.15) is 13.2 Å². The Kier molecular flexibility index (Phi) is 5.87. The van der Waals surface area contributed by atoms with E-state index in [1.165, 1.54) is 4.90 Å². The molecule has 7 nitrogen and oxygen atoms in total. The largest absolute Gasteiger partial charge is 0.406 e. The number of anilines is 1. The minimum absolute atomic E-state index is 0.159. The Hall–Kier alpha value is -2.62. The Balaban J connectivity index is 1.48. The van der Waals surface area contributed by atoms with Gasteiger partial charge in [0.05, 0.1) is 6.54 Å². The van der Waals surface area contributed by atoms with Crippen molar-refractivity contribution in [2.75, 3.05) is 38.0 Å². The molecule has 2 fully saturated rings. The predicted octanol–water partition coefficient (Wildman–Crippen LogP) is 1.92. The van der Waals surface area contributed by atoms with E-state index in [1.807, 2.05) is 23.1 Å². The third kappa shape index (κ3) is 5.00. The Morgan fingerprint density at radius 1 is 1.11 bits per heavy atom. The zero-order chi connectivity index (χ0) is 20.3. The lowest BCUT2D eigenvalue weighted by molar-refractivity contribution is -0.151. The van der Waals surface area contributed by atoms with E-state index < -0.39 is 24.7 Å². The number of carbonyl (C=O) groups excluding carboxylic acids is 3. The van der Waals surface area contributed by atoms with Gasteiger partial charge in [-0.05, 0) is 25.0 Å². The second-order valence-electron chi connectivity index (χ2n) is 6.93. The SMILES string of the molecule is O=C(CN1CCC(N2CC(=O)N(CC(F)(F)F)C2=O)CC1)Nc1ccccc1. The van der Waals surface area contributed by atoms with E-state index >= 15 is 0 Å². The number of alkyl halides is 3. The quantitative estimate of drug-likeness (QED) is 0.770. The maximum atomic E-state index is 12.5. The van der Waals surface area contributed by atoms with Crippen molar-refractivity contribution in [3.63, 3.8) is 0 Å². The van der Waals surface area contributed by atoms with Gasteiger partial charge in [0.1, 0.15) is 13.1 Å². The van der Waals surface area contributed by atoms with Crippen LogP contribution >= 0.6 is 0 Å². The van der Waals surface area contributed by atoms with Gasteiger partial charge in [0.25, 0.3) is 5.91 Å². The lowest BCUT2D eigenvalue weighted by Gasteiger charge is -2.35. The summed E-state index contributed by atoms with van der Waals surface area (Å²) in [5.74, 6) is -0.986. The molecule has 10 heteroatoms. The van der Waals surface area contributed by atoms with Crippen molar-refractivity contribution in [1.82, 2.24) is 14.7 Å². The summed E-state index contributed by atoms with van der Waals surface area (Å²) in [5.41, 5.74) is 0.702. The van der Waals surface area contributed by atoms with Crippen molar-refractivity contribution in [2.24, 2.45) is 0 Å². The van der Waals surface area contributed by atoms with Crippen molar-refractivity contribution in [3.8, 4) is 0 Å². The van der Waals surface area contributed by atoms with Crippen LogP contribution in [0, 0.1) is 0 Å². The van der Waals surface area contributed by atoms with Crippen LogP contribution in [-0.2, 0) is 9.59 Å². The van der Waals surface area contributed by atoms with E-state index in [0.29, 0.717) is 31.6 Å². The Morgan fingerprint density at radius 3 is 2.36 bits per heavy atom. The number of nitrogens with one attached hydrogen (secondary N) is 1. The fourth-order valence-electron chi connectivity index (χ4n) is 3.50. The molecule has 152 valence electrons. The van der Waals surface area contributed by atoms with E-state index in [1.54, 1.807) is 12.1 Å². The monoisotopic (exact) mass is 398 g/mol. The van der Waals surface area contributed by atoms with Gasteiger partial charge >= 0.3 is 12.2 Å². The summed E-state index contributed by atoms with van der Waals surface area (Å²) in [7, 11) is 0. The number of benzene rings is 1. The average Bonchev–Trinajstić information content (AvgIpc) is 2.90. The minimum atomic E-state index is -4.61. The number of piperidine rings is 1. The standard InChI is InChI=1S/C18H21F3N4O3/c19-18(20,21)12-25-16(27)11-24(17(25)28)14-6-8-23(9-7-14)10-15(26)22-13-4-2-1-3-5-13/h1-5,14H,6-12H2,(H,22,26). The highest BCUT2D eigenvalue weighted by atomic mass is 19.4. The second-order valence-corrected chi connectivity index (χ2v) is 6.93. The van der Waals surface area contributed by atoms with Crippen molar-refractivity contribution >= 4 is 23.5 Å². The van der Waals surface area contributed by atoms with E-state index in [-0.39, 0.29) is 29.9 Å². The molecule has 2 saturated heterocycles. The highest BCUT2D eigenvalue weighted by Gasteiger charge is 2.45. The van der Waals surface area contributed by atoms with Gasteiger partial charge in [0, 0.05) is 24.8 Å². The first-order valence-electron chi connectivity index (χ1n) is 8.98. The van der Waals surface area contributed by atoms with Crippen LogP contribution in [0.15, 0.2) is 30.3 Å². The van der Waals surface area contributed by atoms with Crippen LogP contribution in [0.5, 0.6) is 0 Å². The van der Waals surface area contributed by atoms with Gasteiger partial charge < -0.3 is 10.2 Å². The number of amides is 4. The molecule has 3 rings (SSSR count). The topological polar surface area (TPSA) is 73.0 Å². The van der Waals surface area contributed by atoms with Gasteiger partial charge in [-0.25, -0.2) is 4.79 Å². The molecule has 2 aliphatic rings. The van der Waals surface area contributed by atoms with E-state index in [4.69, 9.17) is 0 Å². The lowest BCUT2D eigenvalue weighted by atomic mass is 10.0. The molecule has 0 spiro atoms. The smallest absolute Gasteiger partial charge is 0.325 e. The molecule has 0 bridgehead atoms. The third-order valence-corrected chi connectivity index (χ3v) is 4.84. The molecule has 0 aliphatic carbocycles. The van der Waals surface area contributed by atoms with E-state index in [0.717, 1.165) is 0 Å². The summed E-state index contributed by atoms with van der Waals surface area (Å²) in [6.45, 7) is -0.656. The molecule has 1 N–H and O–H groups in total. The van der Waals surface area contributed by atoms with Gasteiger partial charge in [-0.3, -0.25) is 19.4 Å². The van der Waals surface area contributed by atoms with E-state index in [2.05, 4.69) is 5.32 Å². The first kappa shape index (κ1) is 20.1. The normalized spacial score (nSPS) is 19.4. The Bertz CT molecular complexity index is 733. The number of halogens is 3. The fraction of sp³-hybridized carbons (Fsp3) is 0.500. The molecular formula is C18H21F3N4O3. The minimum Gasteiger partial charge on any atom is -0.325 e. The van der Waals surface area contributed by atoms with Gasteiger partial charge in [-0.1, -0.05) is 18.2 Å². The van der Waals surface area contributed by atoms with Gasteiger partial charge in [0.2, 0.25) is 5.91 Å². The molecule has 0 aromatic heterocycles. The number of hydrogen-bond donors (Lipinski definition) is 1. The summed E-state index contributed by atoms with van der Waals surface area (Å²) in [6.07, 6.45) is -3.62. The van der Waals surface area contributed by atoms with Gasteiger partial charge in [-0.15, -0.1) is 0 Å².